The predicted octanol–water partition coefficient (Wildman–Crippen LogP) is 0.778. The van der Waals surface area contributed by atoms with Crippen molar-refractivity contribution in [2.75, 3.05) is 6.67 Å². The largest absolute Gasteiger partial charge is 0.508 e. The van der Waals surface area contributed by atoms with Crippen molar-refractivity contribution in [3.8, 4) is 0 Å². The van der Waals surface area contributed by atoms with E-state index in [1.165, 1.54) is 0 Å². The van der Waals surface area contributed by atoms with E-state index in [-0.39, 0.29) is 0 Å². The van der Waals surface area contributed by atoms with E-state index in [0.29, 0.717) is 12.4 Å². The summed E-state index contributed by atoms with van der Waals surface area (Å²) in [6.07, 6.45) is 7.88. The van der Waals surface area contributed by atoms with Crippen molar-refractivity contribution in [2.45, 2.75) is 6.42 Å². The van der Waals surface area contributed by atoms with E-state index in [1.807, 2.05) is 12.3 Å². The van der Waals surface area contributed by atoms with Crippen LogP contribution >= 0.6 is 0 Å². The Morgan fingerprint density at radius 3 is 3.00 bits per heavy atom. The molecule has 0 fully saturated rings. The third-order valence-corrected chi connectivity index (χ3v) is 1.42. The predicted molar refractivity (Wildman–Crippen MR) is 44.7 cm³/mol. The highest BCUT2D eigenvalue weighted by Crippen LogP contribution is 2.12. The molecule has 0 bridgehead atoms. The van der Waals surface area contributed by atoms with Gasteiger partial charge in [-0.3, -0.25) is 0 Å². The topological polar surface area (TPSA) is 58.3 Å². The van der Waals surface area contributed by atoms with Crippen LogP contribution in [0.25, 0.3) is 0 Å². The molecule has 1 rings (SSSR count). The second-order valence-corrected chi connectivity index (χ2v) is 2.29. The molecule has 0 heterocycles. The first-order valence-electron chi connectivity index (χ1n) is 3.52. The number of aliphatic hydroxyl groups excluding tert-OH is 1. The fraction of sp³-hybridized carbons (Fsp3) is 0.250. The van der Waals surface area contributed by atoms with E-state index in [9.17, 15) is 0 Å². The average Bonchev–Trinajstić information content (AvgIpc) is 2.04. The van der Waals surface area contributed by atoms with Crippen LogP contribution in [0.15, 0.2) is 35.8 Å². The van der Waals surface area contributed by atoms with Crippen molar-refractivity contribution < 1.29 is 5.11 Å². The van der Waals surface area contributed by atoms with Crippen molar-refractivity contribution in [1.29, 1.82) is 0 Å². The molecular weight excluding hydrogens is 140 g/mol. The summed E-state index contributed by atoms with van der Waals surface area (Å²) in [7, 11) is 0. The molecule has 1 aliphatic rings. The molecule has 0 unspecified atom stereocenters. The summed E-state index contributed by atoms with van der Waals surface area (Å²) in [5, 5.41) is 11.8. The monoisotopic (exact) mass is 152 g/mol. The lowest BCUT2D eigenvalue weighted by Crippen LogP contribution is -2.16. The van der Waals surface area contributed by atoms with Crippen molar-refractivity contribution in [3.05, 3.63) is 35.8 Å². The standard InChI is InChI=1S/C8H12N2O/c9-6-10-5-7-1-3-8(11)4-2-7/h1,3-5,10-11H,2,6,9H2/b7-5+. The molecule has 3 heteroatoms. The van der Waals surface area contributed by atoms with Crippen LogP contribution in [0.1, 0.15) is 6.42 Å². The molecule has 0 radical (unpaired) electrons. The number of hydrogen-bond acceptors (Lipinski definition) is 3. The number of aliphatic hydroxyl groups is 1. The molecule has 60 valence electrons. The minimum absolute atomic E-state index is 0.329. The highest BCUT2D eigenvalue weighted by atomic mass is 16.3. The summed E-state index contributed by atoms with van der Waals surface area (Å²) in [6.45, 7) is 0.438. The minimum atomic E-state index is 0.329. The van der Waals surface area contributed by atoms with Crippen LogP contribution in [0, 0.1) is 0 Å². The summed E-state index contributed by atoms with van der Waals surface area (Å²) < 4.78 is 0. The van der Waals surface area contributed by atoms with Crippen molar-refractivity contribution in [3.63, 3.8) is 0 Å². The van der Waals surface area contributed by atoms with Gasteiger partial charge in [-0.2, -0.15) is 0 Å². The molecule has 0 atom stereocenters. The number of hydrogen-bond donors (Lipinski definition) is 3. The van der Waals surface area contributed by atoms with Crippen molar-refractivity contribution >= 4 is 0 Å². The molecule has 0 aromatic carbocycles. The van der Waals surface area contributed by atoms with Gasteiger partial charge < -0.3 is 16.2 Å². The Balaban J connectivity index is 2.48. The van der Waals surface area contributed by atoms with E-state index in [4.69, 9.17) is 10.8 Å². The van der Waals surface area contributed by atoms with E-state index < -0.39 is 0 Å². The maximum Gasteiger partial charge on any atom is 0.111 e. The summed E-state index contributed by atoms with van der Waals surface area (Å²) in [5.74, 6) is 0.329. The van der Waals surface area contributed by atoms with E-state index in [0.717, 1.165) is 12.0 Å². The summed E-state index contributed by atoms with van der Waals surface area (Å²) >= 11 is 0. The summed E-state index contributed by atoms with van der Waals surface area (Å²) in [5.41, 5.74) is 6.35. The van der Waals surface area contributed by atoms with Gasteiger partial charge in [-0.1, -0.05) is 6.08 Å². The smallest absolute Gasteiger partial charge is 0.111 e. The molecule has 1 aliphatic carbocycles. The van der Waals surface area contributed by atoms with Gasteiger partial charge in [0.25, 0.3) is 0 Å². The Bertz CT molecular complexity index is 216. The van der Waals surface area contributed by atoms with Crippen LogP contribution in [-0.2, 0) is 0 Å². The zero-order valence-electron chi connectivity index (χ0n) is 6.25. The maximum absolute atomic E-state index is 8.95. The third kappa shape index (κ3) is 2.47. The van der Waals surface area contributed by atoms with Crippen LogP contribution in [0.3, 0.4) is 0 Å². The molecule has 11 heavy (non-hydrogen) atoms. The van der Waals surface area contributed by atoms with Gasteiger partial charge in [0.2, 0.25) is 0 Å². The summed E-state index contributed by atoms with van der Waals surface area (Å²) in [4.78, 5) is 0. The number of rotatable bonds is 2. The van der Waals surface area contributed by atoms with Gasteiger partial charge >= 0.3 is 0 Å². The average molecular weight is 152 g/mol. The van der Waals surface area contributed by atoms with Crippen molar-refractivity contribution in [1.82, 2.24) is 5.32 Å². The molecule has 0 saturated heterocycles. The Kier molecular flexibility index (Phi) is 2.74. The number of nitrogens with two attached hydrogens (primary N) is 1. The van der Waals surface area contributed by atoms with E-state index >= 15 is 0 Å². The normalized spacial score (nSPS) is 20.1. The first kappa shape index (κ1) is 7.88. The van der Waals surface area contributed by atoms with Gasteiger partial charge in [0.05, 0.1) is 6.67 Å². The van der Waals surface area contributed by atoms with Crippen LogP contribution in [0.5, 0.6) is 0 Å². The first-order chi connectivity index (χ1) is 5.33. The van der Waals surface area contributed by atoms with Gasteiger partial charge in [0, 0.05) is 6.20 Å². The summed E-state index contributed by atoms with van der Waals surface area (Å²) in [6, 6.07) is 0. The van der Waals surface area contributed by atoms with Crippen LogP contribution in [-0.4, -0.2) is 11.8 Å². The molecule has 0 aliphatic heterocycles. The van der Waals surface area contributed by atoms with Gasteiger partial charge in [0.1, 0.15) is 5.76 Å². The lowest BCUT2D eigenvalue weighted by molar-refractivity contribution is 0.429. The Labute approximate surface area is 65.9 Å². The zero-order valence-corrected chi connectivity index (χ0v) is 6.25. The van der Waals surface area contributed by atoms with Crippen molar-refractivity contribution in [2.24, 2.45) is 5.73 Å². The fourth-order valence-corrected chi connectivity index (χ4v) is 0.848. The van der Waals surface area contributed by atoms with Gasteiger partial charge in [0.15, 0.2) is 0 Å². The molecule has 3 nitrogen and oxygen atoms in total. The number of nitrogens with one attached hydrogen (secondary N) is 1. The highest BCUT2D eigenvalue weighted by Gasteiger charge is 1.97. The molecule has 0 aromatic heterocycles. The van der Waals surface area contributed by atoms with E-state index in [1.54, 1.807) is 12.2 Å². The second-order valence-electron chi connectivity index (χ2n) is 2.29. The lowest BCUT2D eigenvalue weighted by atomic mass is 10.1. The Hall–Kier alpha value is -1.22. The van der Waals surface area contributed by atoms with Gasteiger partial charge in [-0.15, -0.1) is 0 Å². The molecule has 0 amide bonds. The quantitative estimate of drug-likeness (QED) is 0.512. The van der Waals surface area contributed by atoms with Gasteiger partial charge in [-0.25, -0.2) is 0 Å². The Morgan fingerprint density at radius 2 is 2.45 bits per heavy atom. The van der Waals surface area contributed by atoms with Crippen LogP contribution in [0.2, 0.25) is 0 Å². The third-order valence-electron chi connectivity index (χ3n) is 1.42. The first-order valence-corrected chi connectivity index (χ1v) is 3.52. The SMILES string of the molecule is NCN/C=C1\C=CC(O)=CC1. The highest BCUT2D eigenvalue weighted by molar-refractivity contribution is 5.31. The molecule has 4 N–H and O–H groups in total. The molecule has 0 aromatic rings. The minimum Gasteiger partial charge on any atom is -0.508 e. The van der Waals surface area contributed by atoms with Gasteiger partial charge in [-0.05, 0) is 24.1 Å². The van der Waals surface area contributed by atoms with E-state index in [2.05, 4.69) is 5.32 Å². The second kappa shape index (κ2) is 3.83. The molecule has 0 spiro atoms. The Morgan fingerprint density at radius 1 is 1.64 bits per heavy atom. The number of allylic oxidation sites excluding steroid dienone is 4. The molecule has 0 saturated carbocycles. The maximum atomic E-state index is 8.95. The van der Waals surface area contributed by atoms with Crippen LogP contribution < -0.4 is 11.1 Å². The molecular formula is C8H12N2O. The lowest BCUT2D eigenvalue weighted by Gasteiger charge is -2.04. The fourth-order valence-electron chi connectivity index (χ4n) is 0.848. The zero-order chi connectivity index (χ0) is 8.10. The van der Waals surface area contributed by atoms with Crippen LogP contribution in [0.4, 0.5) is 0 Å².